The van der Waals surface area contributed by atoms with E-state index in [9.17, 15) is 0 Å². The van der Waals surface area contributed by atoms with Gasteiger partial charge in [-0.3, -0.25) is 9.80 Å². The van der Waals surface area contributed by atoms with E-state index in [1.807, 2.05) is 36.4 Å². The van der Waals surface area contributed by atoms with Gasteiger partial charge in [0.1, 0.15) is 11.5 Å². The molecule has 8 unspecified atom stereocenters. The van der Waals surface area contributed by atoms with Crippen molar-refractivity contribution >= 4 is 5.69 Å². The summed E-state index contributed by atoms with van der Waals surface area (Å²) in [4.78, 5) is 7.67. The van der Waals surface area contributed by atoms with E-state index >= 15 is 0 Å². The maximum atomic E-state index is 5.42. The third-order valence-electron chi connectivity index (χ3n) is 30.5. The van der Waals surface area contributed by atoms with Gasteiger partial charge in [-0.05, 0) is 304 Å². The molecule has 119 heavy (non-hydrogen) atoms. The second kappa shape index (κ2) is 48.9. The highest BCUT2D eigenvalue weighted by Gasteiger charge is 2.35. The fraction of sp³-hybridized carbons (Fsp3) is 0.692. The average molecular weight is 1630 g/mol. The summed E-state index contributed by atoms with van der Waals surface area (Å²) in [6.07, 6.45) is 55.5. The van der Waals surface area contributed by atoms with E-state index < -0.39 is 0 Å². The van der Waals surface area contributed by atoms with E-state index in [1.54, 1.807) is 76.9 Å². The predicted octanol–water partition coefficient (Wildman–Crippen LogP) is 17.9. The number of morpholine rings is 2. The lowest BCUT2D eigenvalue weighted by molar-refractivity contribution is 0.0647. The standard InChI is InChI=1S/2C9H11N.C9H10O.C9H8O.C9H10O.C8H14.3C7H13N.C7H12.C6H12N2.C6H11NO.C6H11N.C5H9NO/c1-2-6-9-8(4-1)5-3-7-10-9;1-2-4-9-7-10-6-5-8(9)3-1;2*1-2-6-9-8(4-1)5-3-7-10-9;1-2-4-9-7-10-6-5-8(9)3-1;1-2-8-5-3-7(1)4-6-8;1-4-8-5-2-7(1)3-6-8;1-3-7-4-2-6(1)5-8-7;1-2-6-4-5-7(3-1)8-6;1-2-7-4-3-6(1)5-7;1-2-8-5-3-7(1)4-6-8;1-2-6-4-8-3-5(1)7-6;1-2-6-3-5(1)4-7-6;1-4-3-7-5(1)2-6-4/h1-2,4,6,10H,3,5,7H2;1-4,10H,5-7H2;1-2,4,6H,3,5,7H2;1-4,6-7H,5H2;1-4H,5-7H2;7-8H,1-6H2;7H,1-6H2;2*6-8H,1-5H2;6-7H,1-5H2;1-6H2;5-7H,1-4H2;5-7H,1-4H2;4-6H,1-3H2. The zero-order chi connectivity index (χ0) is 80.5. The normalized spacial score (nSPS) is 33.2. The van der Waals surface area contributed by atoms with Crippen molar-refractivity contribution in [3.05, 3.63) is 173 Å². The summed E-state index contributed by atoms with van der Waals surface area (Å²) >= 11 is 0. The molecule has 0 radical (unpaired) electrons. The lowest BCUT2D eigenvalue weighted by Crippen LogP contribution is -2.55. The van der Waals surface area contributed by atoms with Crippen molar-refractivity contribution in [2.24, 2.45) is 41.4 Å². The first-order valence-corrected chi connectivity index (χ1v) is 49.3. The van der Waals surface area contributed by atoms with Crippen LogP contribution in [0.1, 0.15) is 238 Å². The van der Waals surface area contributed by atoms with Gasteiger partial charge < -0.3 is 65.8 Å². The van der Waals surface area contributed by atoms with Crippen LogP contribution in [0.15, 0.2) is 134 Å². The lowest BCUT2D eigenvalue weighted by atomic mass is 9.71. The van der Waals surface area contributed by atoms with Crippen LogP contribution in [0.5, 0.6) is 11.5 Å². The van der Waals surface area contributed by atoms with Gasteiger partial charge in [0, 0.05) is 107 Å². The molecule has 5 aromatic carbocycles. The molecule has 18 bridgehead atoms. The minimum Gasteiger partial charge on any atom is -0.493 e. The fourth-order valence-corrected chi connectivity index (χ4v) is 22.8. The van der Waals surface area contributed by atoms with Crippen molar-refractivity contribution < 1.29 is 23.7 Å². The van der Waals surface area contributed by atoms with Crippen LogP contribution in [0.4, 0.5) is 5.69 Å². The number of hydrogen-bond donors (Lipinski definition) is 7. The molecule has 27 aliphatic rings. The molecule has 0 spiro atoms. The molecule has 0 amide bonds. The summed E-state index contributed by atoms with van der Waals surface area (Å²) in [6, 6.07) is 47.7. The Labute approximate surface area is 720 Å². The number of ether oxygens (including phenoxy) is 5. The molecule has 32 rings (SSSR count). The van der Waals surface area contributed by atoms with Crippen molar-refractivity contribution in [3.63, 3.8) is 0 Å². The van der Waals surface area contributed by atoms with E-state index in [0.29, 0.717) is 24.2 Å². The van der Waals surface area contributed by atoms with Gasteiger partial charge in [0.05, 0.1) is 52.0 Å². The average Bonchev–Trinajstić information content (AvgIpc) is 1.60. The Balaban J connectivity index is 0.000000100. The lowest BCUT2D eigenvalue weighted by Gasteiger charge is -2.41. The first kappa shape index (κ1) is 88.6. The van der Waals surface area contributed by atoms with Crippen molar-refractivity contribution in [2.75, 3.05) is 130 Å². The van der Waals surface area contributed by atoms with Crippen molar-refractivity contribution in [1.82, 2.24) is 46.6 Å². The number of fused-ring (bicyclic) bond motifs is 27. The molecular weight excluding hydrogens is 1470 g/mol. The smallest absolute Gasteiger partial charge is 0.130 e. The molecule has 7 saturated carbocycles. The number of nitrogens with one attached hydrogen (secondary N) is 7. The van der Waals surface area contributed by atoms with Gasteiger partial charge in [-0.2, -0.15) is 0 Å². The van der Waals surface area contributed by atoms with Crippen LogP contribution in [0.3, 0.4) is 0 Å². The number of anilines is 1. The number of allylic oxidation sites excluding steroid dienone is 1. The minimum absolute atomic E-state index is 0.560. The maximum Gasteiger partial charge on any atom is 0.130 e. The Bertz CT molecular complexity index is 2980. The summed E-state index contributed by atoms with van der Waals surface area (Å²) < 4.78 is 26.5. The molecule has 5 aromatic rings. The Morgan fingerprint density at radius 1 is 0.319 bits per heavy atom. The van der Waals surface area contributed by atoms with E-state index in [1.165, 1.54) is 270 Å². The Kier molecular flexibility index (Phi) is 36.4. The van der Waals surface area contributed by atoms with Crippen molar-refractivity contribution in [1.29, 1.82) is 0 Å². The molecule has 7 N–H and O–H groups in total. The summed E-state index contributed by atoms with van der Waals surface area (Å²) in [5, 5.41) is 24.1. The second-order valence-corrected chi connectivity index (χ2v) is 39.1. The molecule has 22 fully saturated rings. The summed E-state index contributed by atoms with van der Waals surface area (Å²) in [6.45, 7) is 24.5. The highest BCUT2D eigenvalue weighted by atomic mass is 16.5. The predicted molar refractivity (Wildman–Crippen MR) is 490 cm³/mol. The number of rotatable bonds is 0. The number of hydrogen-bond acceptors (Lipinski definition) is 15. The van der Waals surface area contributed by atoms with Gasteiger partial charge in [0.15, 0.2) is 0 Å². The second-order valence-electron chi connectivity index (χ2n) is 39.1. The molecule has 15 heteroatoms. The Morgan fingerprint density at radius 2 is 0.832 bits per heavy atom. The molecule has 654 valence electrons. The number of piperazine rings is 3. The van der Waals surface area contributed by atoms with Crippen LogP contribution in [0.25, 0.3) is 0 Å². The molecule has 20 aliphatic heterocycles. The van der Waals surface area contributed by atoms with E-state index in [-0.39, 0.29) is 0 Å². The molecule has 8 atom stereocenters. The fourth-order valence-electron chi connectivity index (χ4n) is 22.8. The van der Waals surface area contributed by atoms with E-state index in [2.05, 4.69) is 143 Å². The van der Waals surface area contributed by atoms with Crippen LogP contribution in [0.2, 0.25) is 0 Å². The minimum atomic E-state index is 0.560. The summed E-state index contributed by atoms with van der Waals surface area (Å²) in [5.74, 6) is 9.93. The van der Waals surface area contributed by atoms with Crippen LogP contribution >= 0.6 is 0 Å². The Hall–Kier alpha value is -5.24. The monoisotopic (exact) mass is 1630 g/mol. The quantitative estimate of drug-likeness (QED) is 0.0791. The van der Waals surface area contributed by atoms with Crippen LogP contribution in [0, 0.1) is 41.4 Å². The first-order valence-electron chi connectivity index (χ1n) is 49.3. The van der Waals surface area contributed by atoms with Crippen LogP contribution < -0.4 is 46.7 Å². The first-order chi connectivity index (χ1) is 58.9. The molecule has 0 aromatic heterocycles. The third kappa shape index (κ3) is 29.4. The summed E-state index contributed by atoms with van der Waals surface area (Å²) in [5.41, 5.74) is 11.2. The molecule has 15 nitrogen and oxygen atoms in total. The van der Waals surface area contributed by atoms with Crippen LogP contribution in [-0.2, 0) is 59.5 Å². The van der Waals surface area contributed by atoms with E-state index in [0.717, 1.165) is 150 Å². The highest BCUT2D eigenvalue weighted by Crippen LogP contribution is 2.44. The van der Waals surface area contributed by atoms with Gasteiger partial charge in [-0.1, -0.05) is 174 Å². The Morgan fingerprint density at radius 3 is 1.27 bits per heavy atom. The molecular formula is C104H158N10O5. The topological polar surface area (TPSA) is 140 Å². The zero-order valence-corrected chi connectivity index (χ0v) is 73.5. The largest absolute Gasteiger partial charge is 0.493 e. The maximum absolute atomic E-state index is 5.42. The molecule has 15 saturated heterocycles. The van der Waals surface area contributed by atoms with Gasteiger partial charge in [-0.25, -0.2) is 0 Å². The number of para-hydroxylation sites is 3. The number of benzene rings is 5. The number of piperidine rings is 7. The van der Waals surface area contributed by atoms with Crippen molar-refractivity contribution in [2.45, 2.75) is 293 Å². The number of nitrogens with zero attached hydrogens (tertiary/aromatic N) is 3. The van der Waals surface area contributed by atoms with Gasteiger partial charge in [0.25, 0.3) is 0 Å². The van der Waals surface area contributed by atoms with Crippen molar-refractivity contribution in [3.8, 4) is 11.5 Å². The van der Waals surface area contributed by atoms with Gasteiger partial charge in [-0.15, -0.1) is 0 Å². The molecule has 7 aliphatic carbocycles. The zero-order valence-electron chi connectivity index (χ0n) is 73.5. The summed E-state index contributed by atoms with van der Waals surface area (Å²) in [7, 11) is 0. The van der Waals surface area contributed by atoms with E-state index in [4.69, 9.17) is 23.7 Å². The SMILES string of the molecule is C1=COc2ccccc2C1.C1CC2CC1CN2.C1CC2CCC(C1)N2.C1CC2CCC1C2.C1CC2CCC1CC2.C1CC2CCC1CN2.C1CC2COCC1N2.C1CN2CCC1CC2.C1CN2CCN1CC2.C1OC2CNC1C2.c1ccc2c(c1)CCCN2.c1ccc2c(c1)CCCO2.c1ccc2c(c1)CCNC2.c1ccc2c(c1)CCOC2. The van der Waals surface area contributed by atoms with Gasteiger partial charge >= 0.3 is 0 Å². The molecule has 20 heterocycles. The number of aryl methyl sites for hydroxylation is 2. The van der Waals surface area contributed by atoms with Crippen LogP contribution in [-0.4, -0.2) is 188 Å². The highest BCUT2D eigenvalue weighted by molar-refractivity contribution is 5.52. The third-order valence-corrected chi connectivity index (χ3v) is 30.5. The van der Waals surface area contributed by atoms with Gasteiger partial charge in [0.2, 0.25) is 0 Å².